The van der Waals surface area contributed by atoms with Crippen LogP contribution in [0.15, 0.2) is 11.8 Å². The van der Waals surface area contributed by atoms with Gasteiger partial charge in [0.2, 0.25) is 5.91 Å². The van der Waals surface area contributed by atoms with Crippen LogP contribution in [0, 0.1) is 11.3 Å². The molecule has 0 atom stereocenters. The monoisotopic (exact) mass is 293 g/mol. The van der Waals surface area contributed by atoms with Crippen molar-refractivity contribution < 1.29 is 9.59 Å². The molecule has 7 nitrogen and oxygen atoms in total. The summed E-state index contributed by atoms with van der Waals surface area (Å²) in [7, 11) is 3.91. The van der Waals surface area contributed by atoms with E-state index in [-0.39, 0.29) is 17.4 Å². The van der Waals surface area contributed by atoms with E-state index in [1.807, 2.05) is 25.1 Å². The molecule has 0 aromatic carbocycles. The molecule has 1 fully saturated rings. The van der Waals surface area contributed by atoms with Crippen molar-refractivity contribution in [2.75, 3.05) is 53.4 Å². The van der Waals surface area contributed by atoms with Crippen LogP contribution in [-0.4, -0.2) is 79.9 Å². The van der Waals surface area contributed by atoms with E-state index in [1.165, 1.54) is 13.1 Å². The van der Waals surface area contributed by atoms with Gasteiger partial charge >= 0.3 is 0 Å². The number of carbonyl (C=O) groups excluding carboxylic acids is 2. The highest BCUT2D eigenvalue weighted by molar-refractivity contribution is 5.97. The van der Waals surface area contributed by atoms with E-state index in [2.05, 4.69) is 5.32 Å². The Hall–Kier alpha value is -2.07. The highest BCUT2D eigenvalue weighted by atomic mass is 16.2. The van der Waals surface area contributed by atoms with Gasteiger partial charge in [0, 0.05) is 52.4 Å². The van der Waals surface area contributed by atoms with Crippen molar-refractivity contribution in [1.82, 2.24) is 20.0 Å². The van der Waals surface area contributed by atoms with E-state index in [1.54, 1.807) is 9.80 Å². The highest BCUT2D eigenvalue weighted by Crippen LogP contribution is 2.06. The molecule has 1 aliphatic rings. The number of nitriles is 1. The van der Waals surface area contributed by atoms with Gasteiger partial charge in [-0.1, -0.05) is 0 Å². The fourth-order valence-electron chi connectivity index (χ4n) is 2.00. The fourth-order valence-corrected chi connectivity index (χ4v) is 2.00. The summed E-state index contributed by atoms with van der Waals surface area (Å²) in [4.78, 5) is 28.8. The summed E-state index contributed by atoms with van der Waals surface area (Å²) in [5.41, 5.74) is 0.102. The van der Waals surface area contributed by atoms with Gasteiger partial charge in [0.1, 0.15) is 11.6 Å². The molecule has 1 N–H and O–H groups in total. The number of amides is 2. The van der Waals surface area contributed by atoms with Gasteiger partial charge < -0.3 is 20.0 Å². The summed E-state index contributed by atoms with van der Waals surface area (Å²) in [6, 6.07) is 1.93. The molecule has 21 heavy (non-hydrogen) atoms. The third kappa shape index (κ3) is 5.44. The largest absolute Gasteiger partial charge is 0.388 e. The molecule has 1 saturated heterocycles. The van der Waals surface area contributed by atoms with Crippen LogP contribution in [-0.2, 0) is 9.59 Å². The van der Waals surface area contributed by atoms with E-state index in [9.17, 15) is 9.59 Å². The average Bonchev–Trinajstić information content (AvgIpc) is 2.46. The number of carbonyl (C=O) groups is 2. The Morgan fingerprint density at radius 2 is 1.81 bits per heavy atom. The van der Waals surface area contributed by atoms with Crippen molar-refractivity contribution in [2.24, 2.45) is 0 Å². The van der Waals surface area contributed by atoms with Crippen LogP contribution < -0.4 is 5.32 Å². The lowest BCUT2D eigenvalue weighted by molar-refractivity contribution is -0.136. The van der Waals surface area contributed by atoms with Gasteiger partial charge in [-0.2, -0.15) is 5.26 Å². The Labute approximate surface area is 125 Å². The minimum absolute atomic E-state index is 0.0171. The quantitative estimate of drug-likeness (QED) is 0.409. The Morgan fingerprint density at radius 3 is 2.29 bits per heavy atom. The van der Waals surface area contributed by atoms with Crippen LogP contribution >= 0.6 is 0 Å². The van der Waals surface area contributed by atoms with E-state index < -0.39 is 0 Å². The number of hydrogen-bond donors (Lipinski definition) is 1. The van der Waals surface area contributed by atoms with Crippen molar-refractivity contribution in [3.05, 3.63) is 11.8 Å². The maximum absolute atomic E-state index is 12.2. The maximum atomic E-state index is 12.2. The molecular weight excluding hydrogens is 270 g/mol. The van der Waals surface area contributed by atoms with Crippen LogP contribution in [0.1, 0.15) is 6.92 Å². The number of piperazine rings is 1. The summed E-state index contributed by atoms with van der Waals surface area (Å²) >= 11 is 0. The van der Waals surface area contributed by atoms with Gasteiger partial charge in [-0.3, -0.25) is 9.59 Å². The Bertz CT molecular complexity index is 445. The number of likely N-dealkylation sites (N-methyl/N-ethyl adjacent to an activating group) is 1. The SMILES string of the molecule is CC(=O)N1CCN(C(=O)/C(C#N)=C\NCCN(C)C)CC1. The predicted molar refractivity (Wildman–Crippen MR) is 79.1 cm³/mol. The Morgan fingerprint density at radius 1 is 1.24 bits per heavy atom. The Kier molecular flexibility index (Phi) is 6.69. The molecule has 0 saturated carbocycles. The molecule has 0 aromatic heterocycles. The van der Waals surface area contributed by atoms with Crippen molar-refractivity contribution in [2.45, 2.75) is 6.92 Å². The lowest BCUT2D eigenvalue weighted by Crippen LogP contribution is -2.50. The highest BCUT2D eigenvalue weighted by Gasteiger charge is 2.24. The minimum atomic E-state index is -0.280. The summed E-state index contributed by atoms with van der Waals surface area (Å²) in [5.74, 6) is -0.262. The standard InChI is InChI=1S/C14H23N5O2/c1-12(20)18-6-8-19(9-7-18)14(21)13(10-15)11-16-4-5-17(2)3/h11,16H,4-9H2,1-3H3/b13-11-. The third-order valence-electron chi connectivity index (χ3n) is 3.31. The predicted octanol–water partition coefficient (Wildman–Crippen LogP) is -0.764. The van der Waals surface area contributed by atoms with Crippen molar-refractivity contribution in [1.29, 1.82) is 5.26 Å². The zero-order valence-corrected chi connectivity index (χ0v) is 12.9. The second kappa shape index (κ2) is 8.27. The first-order valence-electron chi connectivity index (χ1n) is 6.99. The molecule has 0 unspecified atom stereocenters. The summed E-state index contributed by atoms with van der Waals surface area (Å²) < 4.78 is 0. The molecule has 0 spiro atoms. The molecule has 2 amide bonds. The molecule has 116 valence electrons. The normalized spacial score (nSPS) is 15.9. The molecular formula is C14H23N5O2. The molecule has 7 heteroatoms. The van der Waals surface area contributed by atoms with Crippen LogP contribution in [0.2, 0.25) is 0 Å². The van der Waals surface area contributed by atoms with Gasteiger partial charge in [0.05, 0.1) is 0 Å². The fraction of sp³-hybridized carbons (Fsp3) is 0.643. The Balaban J connectivity index is 2.50. The van der Waals surface area contributed by atoms with E-state index in [4.69, 9.17) is 5.26 Å². The van der Waals surface area contributed by atoms with Crippen molar-refractivity contribution in [3.8, 4) is 6.07 Å². The number of rotatable bonds is 5. The van der Waals surface area contributed by atoms with Gasteiger partial charge in [0.15, 0.2) is 0 Å². The van der Waals surface area contributed by atoms with Crippen LogP contribution in [0.3, 0.4) is 0 Å². The number of nitrogens with zero attached hydrogens (tertiary/aromatic N) is 4. The average molecular weight is 293 g/mol. The van der Waals surface area contributed by atoms with Crippen LogP contribution in [0.5, 0.6) is 0 Å². The minimum Gasteiger partial charge on any atom is -0.388 e. The molecule has 0 radical (unpaired) electrons. The topological polar surface area (TPSA) is 79.7 Å². The first-order chi connectivity index (χ1) is 9.95. The molecule has 1 aliphatic heterocycles. The summed E-state index contributed by atoms with van der Waals surface area (Å²) in [6.07, 6.45) is 1.48. The summed E-state index contributed by atoms with van der Waals surface area (Å²) in [5, 5.41) is 12.1. The van der Waals surface area contributed by atoms with Crippen molar-refractivity contribution >= 4 is 11.8 Å². The van der Waals surface area contributed by atoms with E-state index >= 15 is 0 Å². The van der Waals surface area contributed by atoms with Gasteiger partial charge in [-0.05, 0) is 14.1 Å². The molecule has 1 rings (SSSR count). The first kappa shape index (κ1) is 17.0. The summed E-state index contributed by atoms with van der Waals surface area (Å²) in [6.45, 7) is 4.99. The number of hydrogen-bond acceptors (Lipinski definition) is 5. The second-order valence-corrected chi connectivity index (χ2v) is 5.23. The lowest BCUT2D eigenvalue weighted by Gasteiger charge is -2.34. The molecule has 1 heterocycles. The zero-order valence-electron chi connectivity index (χ0n) is 12.9. The maximum Gasteiger partial charge on any atom is 0.266 e. The van der Waals surface area contributed by atoms with Crippen LogP contribution in [0.25, 0.3) is 0 Å². The number of nitrogens with one attached hydrogen (secondary N) is 1. The zero-order chi connectivity index (χ0) is 15.8. The van der Waals surface area contributed by atoms with Gasteiger partial charge in [-0.15, -0.1) is 0 Å². The van der Waals surface area contributed by atoms with E-state index in [0.29, 0.717) is 32.7 Å². The van der Waals surface area contributed by atoms with E-state index in [0.717, 1.165) is 6.54 Å². The third-order valence-corrected chi connectivity index (χ3v) is 3.31. The lowest BCUT2D eigenvalue weighted by atomic mass is 10.2. The van der Waals surface area contributed by atoms with Gasteiger partial charge in [-0.25, -0.2) is 0 Å². The smallest absolute Gasteiger partial charge is 0.266 e. The van der Waals surface area contributed by atoms with Gasteiger partial charge in [0.25, 0.3) is 5.91 Å². The van der Waals surface area contributed by atoms with Crippen molar-refractivity contribution in [3.63, 3.8) is 0 Å². The van der Waals surface area contributed by atoms with Crippen LogP contribution in [0.4, 0.5) is 0 Å². The first-order valence-corrected chi connectivity index (χ1v) is 6.99. The molecule has 0 bridgehead atoms. The molecule has 0 aliphatic carbocycles. The second-order valence-electron chi connectivity index (χ2n) is 5.23. The molecule has 0 aromatic rings.